The number of benzene rings is 2. The molecule has 40 heavy (non-hydrogen) atoms. The van der Waals surface area contributed by atoms with Crippen molar-refractivity contribution in [3.63, 3.8) is 0 Å². The summed E-state index contributed by atoms with van der Waals surface area (Å²) in [7, 11) is 0. The highest BCUT2D eigenvalue weighted by Gasteiger charge is 2.19. The van der Waals surface area contributed by atoms with E-state index in [1.165, 1.54) is 22.7 Å². The average Bonchev–Trinajstić information content (AvgIpc) is 3.76. The van der Waals surface area contributed by atoms with E-state index < -0.39 is 0 Å². The summed E-state index contributed by atoms with van der Waals surface area (Å²) >= 11 is 2.89. The molecule has 4 heterocycles. The molecule has 6 rings (SSSR count). The van der Waals surface area contributed by atoms with E-state index in [2.05, 4.69) is 40.9 Å². The van der Waals surface area contributed by atoms with Gasteiger partial charge in [0.15, 0.2) is 0 Å². The first-order valence-corrected chi connectivity index (χ1v) is 14.7. The molecule has 5 aromatic rings. The highest BCUT2D eigenvalue weighted by Crippen LogP contribution is 2.23. The van der Waals surface area contributed by atoms with Gasteiger partial charge in [-0.15, -0.1) is 31.7 Å². The number of hydrogen-bond donors (Lipinski definition) is 2. The van der Waals surface area contributed by atoms with E-state index in [1.807, 2.05) is 48.5 Å². The maximum Gasteiger partial charge on any atom is 0.232 e. The number of carbonyl (C=O) groups excluding carboxylic acids is 2. The fourth-order valence-corrected chi connectivity index (χ4v) is 6.38. The summed E-state index contributed by atoms with van der Waals surface area (Å²) in [6.07, 6.45) is 4.19. The molecule has 0 atom stereocenters. The number of ketones is 1. The number of aryl methyl sites for hydroxylation is 2. The SMILES string of the molecule is O=C(Cc1nnc(CCCCc2nnc(NC(=O)CC3=NCc4ccccc43)s2)s1)Cc1[nH]nc2ccccc12. The first-order chi connectivity index (χ1) is 19.6. The summed E-state index contributed by atoms with van der Waals surface area (Å²) < 4.78 is 0. The molecule has 0 unspecified atom stereocenters. The van der Waals surface area contributed by atoms with Gasteiger partial charge in [-0.3, -0.25) is 19.7 Å². The van der Waals surface area contributed by atoms with Gasteiger partial charge >= 0.3 is 0 Å². The summed E-state index contributed by atoms with van der Waals surface area (Å²) in [6, 6.07) is 15.8. The Bertz CT molecular complexity index is 1700. The van der Waals surface area contributed by atoms with Gasteiger partial charge in [0.1, 0.15) is 20.8 Å². The fraction of sp³-hybridized carbons (Fsp3) is 0.286. The van der Waals surface area contributed by atoms with Crippen molar-refractivity contribution in [2.24, 2.45) is 4.99 Å². The minimum atomic E-state index is -0.137. The predicted octanol–water partition coefficient (Wildman–Crippen LogP) is 4.52. The zero-order valence-electron chi connectivity index (χ0n) is 21.6. The third kappa shape index (κ3) is 6.18. The Morgan fingerprint density at radius 3 is 2.48 bits per heavy atom. The van der Waals surface area contributed by atoms with E-state index in [1.54, 1.807) is 0 Å². The number of amides is 1. The van der Waals surface area contributed by atoms with Gasteiger partial charge in [-0.05, 0) is 24.5 Å². The van der Waals surface area contributed by atoms with Crippen LogP contribution < -0.4 is 5.32 Å². The Hall–Kier alpha value is -4.16. The zero-order chi connectivity index (χ0) is 27.3. The minimum Gasteiger partial charge on any atom is -0.300 e. The molecule has 0 saturated carbocycles. The smallest absolute Gasteiger partial charge is 0.232 e. The number of aromatic nitrogens is 6. The van der Waals surface area contributed by atoms with Crippen LogP contribution in [0.15, 0.2) is 53.5 Å². The van der Waals surface area contributed by atoms with Crippen molar-refractivity contribution in [3.05, 3.63) is 80.4 Å². The monoisotopic (exact) mass is 570 g/mol. The third-order valence-corrected chi connectivity index (χ3v) is 8.49. The highest BCUT2D eigenvalue weighted by atomic mass is 32.1. The molecule has 0 radical (unpaired) electrons. The van der Waals surface area contributed by atoms with Gasteiger partial charge in [0.05, 0.1) is 36.3 Å². The third-order valence-electron chi connectivity index (χ3n) is 6.61. The molecule has 0 spiro atoms. The van der Waals surface area contributed by atoms with Gasteiger partial charge in [-0.1, -0.05) is 53.8 Å². The maximum atomic E-state index is 12.6. The van der Waals surface area contributed by atoms with Gasteiger partial charge in [-0.25, -0.2) is 0 Å². The number of para-hydroxylation sites is 1. The lowest BCUT2D eigenvalue weighted by molar-refractivity contribution is -0.118. The van der Waals surface area contributed by atoms with Gasteiger partial charge in [0.25, 0.3) is 0 Å². The topological polar surface area (TPSA) is 139 Å². The Kier molecular flexibility index (Phi) is 7.78. The number of fused-ring (bicyclic) bond motifs is 2. The summed E-state index contributed by atoms with van der Waals surface area (Å²) in [6.45, 7) is 0.627. The molecule has 3 aromatic heterocycles. The van der Waals surface area contributed by atoms with Crippen LogP contribution in [0.25, 0.3) is 10.9 Å². The predicted molar refractivity (Wildman–Crippen MR) is 155 cm³/mol. The number of nitrogens with one attached hydrogen (secondary N) is 2. The number of H-pyrrole nitrogens is 1. The molecule has 1 aliphatic rings. The van der Waals surface area contributed by atoms with Crippen molar-refractivity contribution >= 4 is 56.1 Å². The molecular weight excluding hydrogens is 544 g/mol. The minimum absolute atomic E-state index is 0.0808. The highest BCUT2D eigenvalue weighted by molar-refractivity contribution is 7.15. The number of aliphatic imine (C=N–C) groups is 1. The number of anilines is 1. The van der Waals surface area contributed by atoms with Crippen LogP contribution in [0.1, 0.15) is 51.1 Å². The molecule has 0 aliphatic carbocycles. The first kappa shape index (κ1) is 26.1. The summed E-state index contributed by atoms with van der Waals surface area (Å²) in [4.78, 5) is 29.6. The van der Waals surface area contributed by atoms with Crippen molar-refractivity contribution in [1.29, 1.82) is 0 Å². The molecule has 0 bridgehead atoms. The number of unbranched alkanes of at least 4 members (excludes halogenated alkanes) is 1. The molecule has 10 nitrogen and oxygen atoms in total. The van der Waals surface area contributed by atoms with Crippen LogP contribution in [0.5, 0.6) is 0 Å². The van der Waals surface area contributed by atoms with Crippen molar-refractivity contribution in [1.82, 2.24) is 30.6 Å². The zero-order valence-corrected chi connectivity index (χ0v) is 23.2. The van der Waals surface area contributed by atoms with Crippen LogP contribution in [-0.2, 0) is 41.8 Å². The van der Waals surface area contributed by atoms with E-state index >= 15 is 0 Å². The van der Waals surface area contributed by atoms with Crippen LogP contribution >= 0.6 is 22.7 Å². The van der Waals surface area contributed by atoms with Crippen LogP contribution in [0.4, 0.5) is 5.13 Å². The Morgan fingerprint density at radius 1 is 0.825 bits per heavy atom. The molecule has 2 aromatic carbocycles. The molecule has 202 valence electrons. The molecule has 2 N–H and O–H groups in total. The van der Waals surface area contributed by atoms with Crippen LogP contribution in [0, 0.1) is 0 Å². The lowest BCUT2D eigenvalue weighted by atomic mass is 10.0. The lowest BCUT2D eigenvalue weighted by Crippen LogP contribution is -2.16. The Balaban J connectivity index is 0.915. The van der Waals surface area contributed by atoms with Crippen molar-refractivity contribution in [2.75, 3.05) is 5.32 Å². The molecule has 1 amide bonds. The average molecular weight is 571 g/mol. The number of Topliss-reactive ketones (excluding diaryl/α,β-unsaturated/α-hetero) is 1. The lowest BCUT2D eigenvalue weighted by Gasteiger charge is -2.03. The Labute approximate surface area is 238 Å². The second kappa shape index (κ2) is 11.9. The standard InChI is InChI=1S/C28H26N8O2S2/c37-18(13-23-20-9-3-4-10-21(20)31-32-23)14-27-35-33-25(39-27)11-5-6-12-26-34-36-28(40-26)30-24(38)15-22-19-8-2-1-7-17(19)16-29-22/h1-4,7-10H,5-6,11-16H2,(H,31,32)(H,30,36,38). The van der Waals surface area contributed by atoms with Crippen molar-refractivity contribution in [3.8, 4) is 0 Å². The molecular formula is C28H26N8O2S2. The Morgan fingerprint density at radius 2 is 1.57 bits per heavy atom. The van der Waals surface area contributed by atoms with Crippen LogP contribution in [0.2, 0.25) is 0 Å². The second-order valence-corrected chi connectivity index (χ2v) is 11.8. The normalized spacial score (nSPS) is 12.4. The maximum absolute atomic E-state index is 12.6. The van der Waals surface area contributed by atoms with E-state index in [9.17, 15) is 9.59 Å². The number of aromatic amines is 1. The summed E-state index contributed by atoms with van der Waals surface area (Å²) in [5.74, 6) is -0.0565. The molecule has 12 heteroatoms. The number of hydrogen-bond acceptors (Lipinski definition) is 10. The molecule has 0 saturated heterocycles. The largest absolute Gasteiger partial charge is 0.300 e. The van der Waals surface area contributed by atoms with Gasteiger partial charge in [0.2, 0.25) is 11.0 Å². The van der Waals surface area contributed by atoms with E-state index in [0.717, 1.165) is 74.1 Å². The quantitative estimate of drug-likeness (QED) is 0.210. The van der Waals surface area contributed by atoms with Crippen molar-refractivity contribution in [2.45, 2.75) is 51.5 Å². The number of carbonyl (C=O) groups is 2. The first-order valence-electron chi connectivity index (χ1n) is 13.1. The second-order valence-electron chi connectivity index (χ2n) is 9.55. The van der Waals surface area contributed by atoms with Gasteiger partial charge < -0.3 is 5.32 Å². The van der Waals surface area contributed by atoms with Crippen LogP contribution in [0.3, 0.4) is 0 Å². The fourth-order valence-electron chi connectivity index (χ4n) is 4.67. The van der Waals surface area contributed by atoms with Gasteiger partial charge in [-0.2, -0.15) is 5.10 Å². The number of rotatable bonds is 12. The van der Waals surface area contributed by atoms with E-state index in [0.29, 0.717) is 18.1 Å². The van der Waals surface area contributed by atoms with Gasteiger partial charge in [0, 0.05) is 30.2 Å². The van der Waals surface area contributed by atoms with E-state index in [4.69, 9.17) is 0 Å². The summed E-state index contributed by atoms with van der Waals surface area (Å²) in [5.41, 5.74) is 4.71. The van der Waals surface area contributed by atoms with Crippen LogP contribution in [-0.4, -0.2) is 48.0 Å². The van der Waals surface area contributed by atoms with Crippen molar-refractivity contribution < 1.29 is 9.59 Å². The van der Waals surface area contributed by atoms with E-state index in [-0.39, 0.29) is 24.5 Å². The molecule has 1 aliphatic heterocycles. The molecule has 0 fully saturated rings. The number of nitrogens with zero attached hydrogens (tertiary/aromatic N) is 6. The summed E-state index contributed by atoms with van der Waals surface area (Å²) in [5, 5.41) is 30.9.